The molecule has 14 nitrogen and oxygen atoms in total. The van der Waals surface area contributed by atoms with Crippen molar-refractivity contribution in [3.8, 4) is 6.07 Å². The molecule has 1 N–H and O–H groups in total. The summed E-state index contributed by atoms with van der Waals surface area (Å²) >= 11 is 0. The predicted molar refractivity (Wildman–Crippen MR) is 143 cm³/mol. The van der Waals surface area contributed by atoms with Crippen LogP contribution in [0.15, 0.2) is 41.6 Å². The number of hydrogen-bond acceptors (Lipinski definition) is 10. The van der Waals surface area contributed by atoms with E-state index in [1.807, 2.05) is 11.0 Å². The number of nitrogens with one attached hydrogen (secondary N) is 1. The number of amides is 1. The van der Waals surface area contributed by atoms with Crippen molar-refractivity contribution in [2.75, 3.05) is 54.0 Å². The van der Waals surface area contributed by atoms with Crippen LogP contribution in [0.3, 0.4) is 0 Å². The fourth-order valence-corrected chi connectivity index (χ4v) is 5.87. The number of hydrogen-bond donors (Lipinski definition) is 1. The molecule has 0 radical (unpaired) electrons. The number of benzene rings is 1. The summed E-state index contributed by atoms with van der Waals surface area (Å²) in [7, 11) is -4.59. The largest absolute Gasteiger partial charge is 0.338 e. The van der Waals surface area contributed by atoms with Gasteiger partial charge in [0.05, 0.1) is 17.5 Å². The van der Waals surface area contributed by atoms with Gasteiger partial charge in [0.25, 0.3) is 5.91 Å². The van der Waals surface area contributed by atoms with Crippen molar-refractivity contribution in [3.63, 3.8) is 0 Å². The topological polar surface area (TPSA) is 174 Å². The van der Waals surface area contributed by atoms with Crippen LogP contribution in [0.25, 0.3) is 0 Å². The van der Waals surface area contributed by atoms with Gasteiger partial charge in [-0.15, -0.1) is 0 Å². The first kappa shape index (κ1) is 28.0. The van der Waals surface area contributed by atoms with Crippen LogP contribution < -0.4 is 14.5 Å². The number of nitriles is 1. The molecule has 206 valence electrons. The van der Waals surface area contributed by atoms with E-state index in [2.05, 4.69) is 20.3 Å². The summed E-state index contributed by atoms with van der Waals surface area (Å²) in [4.78, 5) is 27.4. The van der Waals surface area contributed by atoms with Gasteiger partial charge in [-0.2, -0.15) is 9.57 Å². The van der Waals surface area contributed by atoms with Crippen molar-refractivity contribution < 1.29 is 21.6 Å². The highest BCUT2D eigenvalue weighted by Crippen LogP contribution is 2.24. The van der Waals surface area contributed by atoms with E-state index in [0.717, 1.165) is 10.6 Å². The summed E-state index contributed by atoms with van der Waals surface area (Å²) in [5.41, 5.74) is 1.25. The van der Waals surface area contributed by atoms with Crippen LogP contribution in [0.5, 0.6) is 0 Å². The van der Waals surface area contributed by atoms with Gasteiger partial charge >= 0.3 is 0 Å². The van der Waals surface area contributed by atoms with Crippen molar-refractivity contribution in [2.45, 2.75) is 11.8 Å². The Labute approximate surface area is 226 Å². The van der Waals surface area contributed by atoms with Crippen LogP contribution >= 0.6 is 0 Å². The van der Waals surface area contributed by atoms with E-state index in [1.54, 1.807) is 20.0 Å². The molecule has 0 atom stereocenters. The molecule has 0 spiro atoms. The summed E-state index contributed by atoms with van der Waals surface area (Å²) in [6, 6.07) is 9.30. The Morgan fingerprint density at radius 1 is 1.08 bits per heavy atom. The van der Waals surface area contributed by atoms with E-state index < -0.39 is 26.0 Å². The van der Waals surface area contributed by atoms with Crippen LogP contribution in [0, 0.1) is 18.3 Å². The Kier molecular flexibility index (Phi) is 7.59. The first-order chi connectivity index (χ1) is 18.3. The van der Waals surface area contributed by atoms with Gasteiger partial charge in [0.2, 0.25) is 26.0 Å². The minimum absolute atomic E-state index is 0.0250. The van der Waals surface area contributed by atoms with E-state index in [0.29, 0.717) is 30.4 Å². The van der Waals surface area contributed by atoms with Gasteiger partial charge in [0.1, 0.15) is 11.8 Å². The summed E-state index contributed by atoms with van der Waals surface area (Å²) in [6.45, 7) is 2.89. The third-order valence-corrected chi connectivity index (χ3v) is 9.24. The van der Waals surface area contributed by atoms with Gasteiger partial charge in [-0.3, -0.25) is 9.10 Å². The van der Waals surface area contributed by atoms with Crippen LogP contribution in [0.1, 0.15) is 21.9 Å². The number of imidazole rings is 1. The van der Waals surface area contributed by atoms with E-state index in [-0.39, 0.29) is 35.2 Å². The molecule has 1 amide bonds. The van der Waals surface area contributed by atoms with Gasteiger partial charge in [0.15, 0.2) is 11.5 Å². The number of rotatable bonds is 7. The fraction of sp³-hybridized carbons (Fsp3) is 0.348. The molecule has 39 heavy (non-hydrogen) atoms. The van der Waals surface area contributed by atoms with Crippen molar-refractivity contribution in [2.24, 2.45) is 7.05 Å². The summed E-state index contributed by atoms with van der Waals surface area (Å²) in [6.07, 6.45) is 2.33. The molecule has 4 rings (SSSR count). The standard InChI is InChI=1S/C23H27N9O5S2/c1-16-13-18(14-24)28-23(26-16)31-9-11-32(12-10-31)39(36,37)19-7-5-17(6-8-19)27-22(33)20-21(25-15-29(20)2)30(3)38(4,34)35/h5-8,13,15H,9-12H2,1-4H3,(H,27,33). The highest BCUT2D eigenvalue weighted by molar-refractivity contribution is 7.92. The highest BCUT2D eigenvalue weighted by Gasteiger charge is 2.30. The molecule has 2 aromatic heterocycles. The minimum atomic E-state index is -3.80. The van der Waals surface area contributed by atoms with Gasteiger partial charge < -0.3 is 14.8 Å². The zero-order chi connectivity index (χ0) is 28.5. The molecule has 0 saturated carbocycles. The molecule has 1 aromatic carbocycles. The molecule has 0 aliphatic carbocycles. The third kappa shape index (κ3) is 5.85. The number of nitrogens with zero attached hydrogens (tertiary/aromatic N) is 8. The molecule has 1 aliphatic heterocycles. The van der Waals surface area contributed by atoms with E-state index in [4.69, 9.17) is 5.26 Å². The van der Waals surface area contributed by atoms with Crippen molar-refractivity contribution in [1.82, 2.24) is 23.8 Å². The highest BCUT2D eigenvalue weighted by atomic mass is 32.2. The molecule has 0 unspecified atom stereocenters. The summed E-state index contributed by atoms with van der Waals surface area (Å²) < 4.78 is 54.0. The molecular weight excluding hydrogens is 546 g/mol. The van der Waals surface area contributed by atoms with Gasteiger partial charge in [-0.25, -0.2) is 31.8 Å². The number of carbonyl (C=O) groups is 1. The quantitative estimate of drug-likeness (QED) is 0.420. The molecule has 16 heteroatoms. The minimum Gasteiger partial charge on any atom is -0.338 e. The lowest BCUT2D eigenvalue weighted by atomic mass is 10.3. The summed E-state index contributed by atoms with van der Waals surface area (Å²) in [5.74, 6) is -0.246. The molecule has 0 bridgehead atoms. The Morgan fingerprint density at radius 3 is 2.31 bits per heavy atom. The third-order valence-electron chi connectivity index (χ3n) is 6.16. The lowest BCUT2D eigenvalue weighted by Crippen LogP contribution is -2.49. The van der Waals surface area contributed by atoms with Crippen LogP contribution in [0.4, 0.5) is 17.5 Å². The van der Waals surface area contributed by atoms with Crippen LogP contribution in [-0.4, -0.2) is 86.0 Å². The molecule has 3 aromatic rings. The number of anilines is 3. The average Bonchev–Trinajstić information content (AvgIpc) is 3.28. The zero-order valence-electron chi connectivity index (χ0n) is 21.7. The monoisotopic (exact) mass is 573 g/mol. The molecule has 1 fully saturated rings. The Hall–Kier alpha value is -4.07. The second kappa shape index (κ2) is 10.6. The van der Waals surface area contributed by atoms with E-state index >= 15 is 0 Å². The molecule has 1 aliphatic rings. The van der Waals surface area contributed by atoms with Crippen molar-refractivity contribution >= 4 is 43.4 Å². The molecule has 3 heterocycles. The molecule has 1 saturated heterocycles. The van der Waals surface area contributed by atoms with Gasteiger partial charge in [0, 0.05) is 51.7 Å². The fourth-order valence-electron chi connectivity index (χ4n) is 4.00. The normalized spacial score (nSPS) is 14.6. The van der Waals surface area contributed by atoms with Crippen LogP contribution in [-0.2, 0) is 27.1 Å². The Balaban J connectivity index is 1.44. The van der Waals surface area contributed by atoms with Crippen LogP contribution in [0.2, 0.25) is 0 Å². The van der Waals surface area contributed by atoms with Crippen molar-refractivity contribution in [1.29, 1.82) is 5.26 Å². The summed E-state index contributed by atoms with van der Waals surface area (Å²) in [5, 5.41) is 11.8. The van der Waals surface area contributed by atoms with Crippen molar-refractivity contribution in [3.05, 3.63) is 53.7 Å². The maximum absolute atomic E-state index is 13.2. The average molecular weight is 574 g/mol. The van der Waals surface area contributed by atoms with E-state index in [1.165, 1.54) is 46.5 Å². The number of aryl methyl sites for hydroxylation is 2. The second-order valence-electron chi connectivity index (χ2n) is 8.93. The molecular formula is C23H27N9O5S2. The first-order valence-electron chi connectivity index (χ1n) is 11.7. The number of carbonyl (C=O) groups excluding carboxylic acids is 1. The maximum Gasteiger partial charge on any atom is 0.276 e. The maximum atomic E-state index is 13.2. The Morgan fingerprint density at radius 2 is 1.72 bits per heavy atom. The predicted octanol–water partition coefficient (Wildman–Crippen LogP) is 0.549. The lowest BCUT2D eigenvalue weighted by molar-refractivity contribution is 0.102. The smallest absolute Gasteiger partial charge is 0.276 e. The SMILES string of the molecule is Cc1cc(C#N)nc(N2CCN(S(=O)(=O)c3ccc(NC(=O)c4c(N(C)S(C)(=O)=O)ncn4C)cc3)CC2)n1. The number of piperazine rings is 1. The number of sulfonamides is 2. The first-order valence-corrected chi connectivity index (χ1v) is 15.0. The second-order valence-corrected chi connectivity index (χ2v) is 12.9. The van der Waals surface area contributed by atoms with Gasteiger partial charge in [-0.05, 0) is 37.3 Å². The zero-order valence-corrected chi connectivity index (χ0v) is 23.4. The Bertz CT molecular complexity index is 1650. The van der Waals surface area contributed by atoms with E-state index in [9.17, 15) is 21.6 Å². The lowest BCUT2D eigenvalue weighted by Gasteiger charge is -2.34. The number of aromatic nitrogens is 4. The van der Waals surface area contributed by atoms with Gasteiger partial charge in [-0.1, -0.05) is 0 Å².